The molecule has 0 bridgehead atoms. The van der Waals surface area contributed by atoms with Gasteiger partial charge in [0.15, 0.2) is 11.3 Å². The van der Waals surface area contributed by atoms with Gasteiger partial charge in [0.25, 0.3) is 0 Å². The van der Waals surface area contributed by atoms with Crippen molar-refractivity contribution < 1.29 is 14.6 Å². The van der Waals surface area contributed by atoms with Gasteiger partial charge in [-0.25, -0.2) is 4.79 Å². The first-order valence-electron chi connectivity index (χ1n) is 5.11. The van der Waals surface area contributed by atoms with Gasteiger partial charge in [-0.2, -0.15) is 0 Å². The monoisotopic (exact) mass is 220 g/mol. The normalized spacial score (nSPS) is 10.8. The fraction of sp³-hybridized carbons (Fsp3) is 0.250. The Bertz CT molecular complexity index is 583. The van der Waals surface area contributed by atoms with E-state index in [9.17, 15) is 15.0 Å². The molecule has 4 nitrogen and oxygen atoms in total. The highest BCUT2D eigenvalue weighted by molar-refractivity contribution is 5.86. The van der Waals surface area contributed by atoms with Crippen LogP contribution in [0.4, 0.5) is 0 Å². The molecule has 1 heterocycles. The molecule has 0 unspecified atom stereocenters. The van der Waals surface area contributed by atoms with E-state index in [0.29, 0.717) is 17.4 Å². The molecule has 0 saturated carbocycles. The highest BCUT2D eigenvalue weighted by atomic mass is 16.4. The van der Waals surface area contributed by atoms with Crippen LogP contribution in [0, 0.1) is 0 Å². The Balaban J connectivity index is 2.89. The van der Waals surface area contributed by atoms with E-state index in [2.05, 4.69) is 0 Å². The van der Waals surface area contributed by atoms with E-state index in [1.54, 1.807) is 12.1 Å². The predicted molar refractivity (Wildman–Crippen MR) is 59.8 cm³/mol. The number of benzene rings is 1. The number of aryl methyl sites for hydroxylation is 1. The van der Waals surface area contributed by atoms with Crippen LogP contribution in [-0.4, -0.2) is 10.2 Å². The molecule has 2 aromatic rings. The molecule has 0 aliphatic carbocycles. The molecule has 84 valence electrons. The minimum Gasteiger partial charge on any atom is -0.504 e. The highest BCUT2D eigenvalue weighted by Gasteiger charge is 2.14. The average Bonchev–Trinajstić information content (AvgIpc) is 2.26. The molecule has 1 aromatic heterocycles. The van der Waals surface area contributed by atoms with E-state index in [1.807, 2.05) is 6.92 Å². The van der Waals surface area contributed by atoms with Gasteiger partial charge in [0.2, 0.25) is 5.75 Å². The molecule has 0 saturated heterocycles. The van der Waals surface area contributed by atoms with Crippen LogP contribution < -0.4 is 5.63 Å². The van der Waals surface area contributed by atoms with Gasteiger partial charge in [-0.1, -0.05) is 25.5 Å². The quantitative estimate of drug-likeness (QED) is 0.761. The summed E-state index contributed by atoms with van der Waals surface area (Å²) in [6, 6.07) is 4.80. The average molecular weight is 220 g/mol. The van der Waals surface area contributed by atoms with Gasteiger partial charge in [0, 0.05) is 10.9 Å². The van der Waals surface area contributed by atoms with Gasteiger partial charge in [-0.3, -0.25) is 0 Å². The Hall–Kier alpha value is -1.97. The zero-order valence-electron chi connectivity index (χ0n) is 8.86. The summed E-state index contributed by atoms with van der Waals surface area (Å²) >= 11 is 0. The summed E-state index contributed by atoms with van der Waals surface area (Å²) in [5, 5.41) is 19.8. The fourth-order valence-corrected chi connectivity index (χ4v) is 1.76. The first kappa shape index (κ1) is 10.5. The Morgan fingerprint density at radius 1 is 1.31 bits per heavy atom. The van der Waals surface area contributed by atoms with Crippen LogP contribution in [-0.2, 0) is 6.42 Å². The molecule has 4 heteroatoms. The van der Waals surface area contributed by atoms with Crippen molar-refractivity contribution in [3.8, 4) is 11.5 Å². The number of phenolic OH excluding ortho intramolecular Hbond substituents is 1. The summed E-state index contributed by atoms with van der Waals surface area (Å²) in [7, 11) is 0. The van der Waals surface area contributed by atoms with Crippen molar-refractivity contribution in [2.45, 2.75) is 19.8 Å². The zero-order valence-corrected chi connectivity index (χ0v) is 8.86. The van der Waals surface area contributed by atoms with Crippen LogP contribution in [0.15, 0.2) is 27.4 Å². The second-order valence-electron chi connectivity index (χ2n) is 3.62. The summed E-state index contributed by atoms with van der Waals surface area (Å²) in [5.74, 6) is -0.452. The maximum Gasteiger partial charge on any atom is 0.379 e. The van der Waals surface area contributed by atoms with Gasteiger partial charge in [0.1, 0.15) is 0 Å². The lowest BCUT2D eigenvalue weighted by atomic mass is 10.0. The zero-order chi connectivity index (χ0) is 11.7. The summed E-state index contributed by atoms with van der Waals surface area (Å²) in [6.07, 6.45) is 1.36. The lowest BCUT2D eigenvalue weighted by Crippen LogP contribution is -2.03. The third-order valence-corrected chi connectivity index (χ3v) is 2.49. The molecular weight excluding hydrogens is 208 g/mol. The molecule has 0 fully saturated rings. The molecule has 2 rings (SSSR count). The van der Waals surface area contributed by atoms with Crippen molar-refractivity contribution >= 4 is 11.0 Å². The second-order valence-corrected chi connectivity index (χ2v) is 3.62. The Kier molecular flexibility index (Phi) is 2.56. The molecule has 0 atom stereocenters. The summed E-state index contributed by atoms with van der Waals surface area (Å²) in [6.45, 7) is 1.95. The van der Waals surface area contributed by atoms with Crippen molar-refractivity contribution in [3.63, 3.8) is 0 Å². The molecule has 0 aliphatic rings. The van der Waals surface area contributed by atoms with Gasteiger partial charge in [-0.15, -0.1) is 0 Å². The summed E-state index contributed by atoms with van der Waals surface area (Å²) in [5.41, 5.74) is -0.143. The Morgan fingerprint density at radius 3 is 2.75 bits per heavy atom. The van der Waals surface area contributed by atoms with E-state index in [-0.39, 0.29) is 17.1 Å². The van der Waals surface area contributed by atoms with Crippen molar-refractivity contribution in [1.29, 1.82) is 0 Å². The minimum absolute atomic E-state index is 0.0908. The topological polar surface area (TPSA) is 70.7 Å². The minimum atomic E-state index is -0.808. The molecule has 1 aromatic carbocycles. The van der Waals surface area contributed by atoms with Crippen molar-refractivity contribution in [2.24, 2.45) is 0 Å². The van der Waals surface area contributed by atoms with Crippen LogP contribution in [0.3, 0.4) is 0 Å². The van der Waals surface area contributed by atoms with Gasteiger partial charge in [-0.05, 0) is 12.5 Å². The van der Waals surface area contributed by atoms with E-state index in [4.69, 9.17) is 4.42 Å². The SMILES string of the molecule is CCCc1c(O)c(=O)oc2c(O)cccc12. The van der Waals surface area contributed by atoms with Crippen LogP contribution in [0.5, 0.6) is 11.5 Å². The van der Waals surface area contributed by atoms with Crippen LogP contribution in [0.2, 0.25) is 0 Å². The molecule has 0 radical (unpaired) electrons. The lowest BCUT2D eigenvalue weighted by Gasteiger charge is -2.06. The number of hydrogen-bond acceptors (Lipinski definition) is 4. The predicted octanol–water partition coefficient (Wildman–Crippen LogP) is 2.16. The third kappa shape index (κ3) is 1.52. The Labute approximate surface area is 91.8 Å². The van der Waals surface area contributed by atoms with Crippen molar-refractivity contribution in [1.82, 2.24) is 0 Å². The molecular formula is C12H12O4. The first-order chi connectivity index (χ1) is 7.65. The van der Waals surface area contributed by atoms with E-state index >= 15 is 0 Å². The first-order valence-corrected chi connectivity index (χ1v) is 5.11. The van der Waals surface area contributed by atoms with Crippen LogP contribution >= 0.6 is 0 Å². The Morgan fingerprint density at radius 2 is 2.06 bits per heavy atom. The van der Waals surface area contributed by atoms with Gasteiger partial charge < -0.3 is 14.6 Å². The number of para-hydroxylation sites is 1. The van der Waals surface area contributed by atoms with Crippen LogP contribution in [0.1, 0.15) is 18.9 Å². The number of hydrogen-bond donors (Lipinski definition) is 2. The van der Waals surface area contributed by atoms with E-state index < -0.39 is 5.63 Å². The number of fused-ring (bicyclic) bond motifs is 1. The summed E-state index contributed by atoms with van der Waals surface area (Å²) < 4.78 is 4.85. The molecule has 0 aliphatic heterocycles. The largest absolute Gasteiger partial charge is 0.504 e. The second kappa shape index (κ2) is 3.89. The van der Waals surface area contributed by atoms with E-state index in [0.717, 1.165) is 6.42 Å². The standard InChI is InChI=1S/C12H12O4/c1-2-4-7-8-5-3-6-9(13)11(8)16-12(15)10(7)14/h3,5-6,13-14H,2,4H2,1H3. The molecule has 0 spiro atoms. The highest BCUT2D eigenvalue weighted by Crippen LogP contribution is 2.30. The van der Waals surface area contributed by atoms with Gasteiger partial charge >= 0.3 is 5.63 Å². The third-order valence-electron chi connectivity index (χ3n) is 2.49. The maximum atomic E-state index is 11.4. The number of phenols is 1. The summed E-state index contributed by atoms with van der Waals surface area (Å²) in [4.78, 5) is 11.4. The lowest BCUT2D eigenvalue weighted by molar-refractivity contribution is 0.411. The smallest absolute Gasteiger partial charge is 0.379 e. The molecule has 0 amide bonds. The van der Waals surface area contributed by atoms with E-state index in [1.165, 1.54) is 6.07 Å². The van der Waals surface area contributed by atoms with Gasteiger partial charge in [0.05, 0.1) is 0 Å². The van der Waals surface area contributed by atoms with Crippen molar-refractivity contribution in [2.75, 3.05) is 0 Å². The van der Waals surface area contributed by atoms with Crippen LogP contribution in [0.25, 0.3) is 11.0 Å². The fourth-order valence-electron chi connectivity index (χ4n) is 1.76. The number of rotatable bonds is 2. The molecule has 2 N–H and O–H groups in total. The molecule has 16 heavy (non-hydrogen) atoms. The maximum absolute atomic E-state index is 11.4. The number of aromatic hydroxyl groups is 2. The van der Waals surface area contributed by atoms with Crippen molar-refractivity contribution in [3.05, 3.63) is 34.2 Å².